The van der Waals surface area contributed by atoms with Gasteiger partial charge >= 0.3 is 0 Å². The number of fused-ring (bicyclic) bond motifs is 6. The van der Waals surface area contributed by atoms with E-state index in [2.05, 4.69) is 149 Å². The number of benzene rings is 4. The van der Waals surface area contributed by atoms with Crippen LogP contribution in [-0.4, -0.2) is 34.5 Å². The molecule has 4 aromatic carbocycles. The summed E-state index contributed by atoms with van der Waals surface area (Å²) in [7, 11) is 0. The zero-order valence-electron chi connectivity index (χ0n) is 39.1. The van der Waals surface area contributed by atoms with Crippen molar-refractivity contribution in [2.75, 3.05) is 34.5 Å². The van der Waals surface area contributed by atoms with Crippen LogP contribution in [0.25, 0.3) is 32.3 Å². The van der Waals surface area contributed by atoms with Crippen molar-refractivity contribution >= 4 is 103 Å². The average Bonchev–Trinajstić information content (AvgIpc) is 3.27. The van der Waals surface area contributed by atoms with Gasteiger partial charge in [0.05, 0.1) is 0 Å². The molecule has 0 nitrogen and oxygen atoms in total. The van der Waals surface area contributed by atoms with E-state index >= 15 is 0 Å². The van der Waals surface area contributed by atoms with Crippen molar-refractivity contribution in [2.24, 2.45) is 0 Å². The smallest absolute Gasteiger partial charge is 0.0362 e. The summed E-state index contributed by atoms with van der Waals surface area (Å²) in [6.07, 6.45) is 31.8. The zero-order chi connectivity index (χ0) is 42.6. The molecule has 0 aliphatic carbocycles. The highest BCUT2D eigenvalue weighted by Gasteiger charge is 2.27. The van der Waals surface area contributed by atoms with Crippen LogP contribution in [0.15, 0.2) is 65.8 Å². The third kappa shape index (κ3) is 16.6. The predicted molar refractivity (Wildman–Crippen MR) is 288 cm³/mol. The highest BCUT2D eigenvalue weighted by atomic mass is 32.2. The Morgan fingerprint density at radius 3 is 1.00 bits per heavy atom. The molecule has 0 bridgehead atoms. The Morgan fingerprint density at radius 1 is 0.267 bits per heavy atom. The van der Waals surface area contributed by atoms with Gasteiger partial charge in [-0.2, -0.15) is 0 Å². The molecule has 0 aliphatic heterocycles. The lowest BCUT2D eigenvalue weighted by molar-refractivity contribution is 0.705. The normalized spacial score (nSPS) is 11.9. The van der Waals surface area contributed by atoms with Crippen LogP contribution in [0.1, 0.15) is 196 Å². The molecule has 4 rings (SSSR count). The first kappa shape index (κ1) is 52.4. The van der Waals surface area contributed by atoms with E-state index in [0.717, 1.165) is 0 Å². The van der Waals surface area contributed by atoms with Crippen molar-refractivity contribution in [3.05, 3.63) is 36.4 Å². The van der Waals surface area contributed by atoms with Gasteiger partial charge in [0.2, 0.25) is 0 Å². The third-order valence-electron chi connectivity index (χ3n) is 11.7. The summed E-state index contributed by atoms with van der Waals surface area (Å²) in [6.45, 7) is 14.1. The fourth-order valence-corrected chi connectivity index (χ4v) is 16.1. The van der Waals surface area contributed by atoms with Gasteiger partial charge in [-0.1, -0.05) is 187 Å². The molecule has 0 spiro atoms. The summed E-state index contributed by atoms with van der Waals surface area (Å²) in [5.41, 5.74) is 0. The topological polar surface area (TPSA) is 0 Å². The lowest BCUT2D eigenvalue weighted by Crippen LogP contribution is -1.99. The molecule has 0 atom stereocenters. The Labute approximate surface area is 395 Å². The zero-order valence-corrected chi connectivity index (χ0v) is 44.0. The highest BCUT2D eigenvalue weighted by molar-refractivity contribution is 8.05. The van der Waals surface area contributed by atoms with Gasteiger partial charge in [-0.3, -0.25) is 0 Å². The van der Waals surface area contributed by atoms with Crippen LogP contribution in [0.2, 0.25) is 0 Å². The molecule has 0 heterocycles. The van der Waals surface area contributed by atoms with Crippen molar-refractivity contribution in [1.29, 1.82) is 0 Å². The van der Waals surface area contributed by atoms with E-state index < -0.39 is 0 Å². The van der Waals surface area contributed by atoms with E-state index in [9.17, 15) is 0 Å². The fraction of sp³-hybridized carbons (Fsp3) is 0.667. The fourth-order valence-electron chi connectivity index (χ4n) is 8.15. The molecule has 0 fully saturated rings. The number of unbranched alkanes of at least 4 members (excludes halogenated alkanes) is 18. The summed E-state index contributed by atoms with van der Waals surface area (Å²) in [5.74, 6) is 7.30. The molecule has 0 radical (unpaired) electrons. The maximum absolute atomic E-state index is 2.55. The first-order valence-electron chi connectivity index (χ1n) is 24.9. The molecule has 0 aliphatic rings. The second-order valence-electron chi connectivity index (χ2n) is 16.9. The number of rotatable bonds is 36. The Balaban J connectivity index is 2.12. The SMILES string of the molecule is CCCCCCSc1ccc2c3ccccc3c3c(SCCCCCC)c(SCCCCCC)c(SCCCCCC)c(SCCCCCC)c3c2c1SCCCCCC. The van der Waals surface area contributed by atoms with E-state index in [1.807, 2.05) is 0 Å². The van der Waals surface area contributed by atoms with E-state index in [1.54, 1.807) is 40.6 Å². The Morgan fingerprint density at radius 2 is 0.583 bits per heavy atom. The quantitative estimate of drug-likeness (QED) is 0.0251. The summed E-state index contributed by atoms with van der Waals surface area (Å²) in [5, 5.41) is 9.19. The van der Waals surface area contributed by atoms with E-state index in [4.69, 9.17) is 0 Å². The van der Waals surface area contributed by atoms with E-state index in [-0.39, 0.29) is 0 Å². The van der Waals surface area contributed by atoms with Gasteiger partial charge in [0.15, 0.2) is 0 Å². The highest BCUT2D eigenvalue weighted by Crippen LogP contribution is 2.55. The van der Waals surface area contributed by atoms with Crippen molar-refractivity contribution in [3.8, 4) is 0 Å². The third-order valence-corrected chi connectivity index (χ3v) is 19.3. The molecule has 0 saturated carbocycles. The van der Waals surface area contributed by atoms with Crippen LogP contribution in [0, 0.1) is 0 Å². The van der Waals surface area contributed by atoms with Crippen LogP contribution in [0.4, 0.5) is 0 Å². The molecular formula is C54H84S6. The summed E-state index contributed by atoms with van der Waals surface area (Å²) in [4.78, 5) is 9.64. The predicted octanol–water partition coefficient (Wildman–Crippen LogP) is 21.2. The standard InChI is InChI=1S/C54H84S6/c1-7-13-19-27-37-55-46-36-35-45-43-33-25-26-34-44(43)48-49(47(45)50(46)56-38-28-20-14-8-2)52(58-40-30-22-16-10-4)54(60-42-32-24-18-12-6)53(59-41-31-23-17-11-5)51(48)57-39-29-21-15-9-3/h25-26,33-36H,7-24,27-32,37-42H2,1-6H3. The summed E-state index contributed by atoms with van der Waals surface area (Å²) in [6, 6.07) is 14.7. The molecule has 4 aromatic rings. The van der Waals surface area contributed by atoms with Crippen LogP contribution in [-0.2, 0) is 0 Å². The monoisotopic (exact) mass is 924 g/mol. The van der Waals surface area contributed by atoms with Gasteiger partial charge in [0.25, 0.3) is 0 Å². The molecule has 0 saturated heterocycles. The first-order chi connectivity index (χ1) is 29.7. The maximum atomic E-state index is 2.55. The molecule has 0 aromatic heterocycles. The van der Waals surface area contributed by atoms with Crippen LogP contribution >= 0.6 is 70.6 Å². The van der Waals surface area contributed by atoms with Gasteiger partial charge in [-0.05, 0) is 95.3 Å². The molecule has 336 valence electrons. The van der Waals surface area contributed by atoms with Crippen molar-refractivity contribution in [3.63, 3.8) is 0 Å². The van der Waals surface area contributed by atoms with Crippen LogP contribution < -0.4 is 0 Å². The minimum Gasteiger partial charge on any atom is -0.125 e. The summed E-state index contributed by atoms with van der Waals surface area (Å²) >= 11 is 13.3. The Bertz CT molecular complexity index is 1740. The Hall–Kier alpha value is -0.240. The largest absolute Gasteiger partial charge is 0.125 e. The molecule has 60 heavy (non-hydrogen) atoms. The molecule has 0 N–H and O–H groups in total. The van der Waals surface area contributed by atoms with Gasteiger partial charge < -0.3 is 0 Å². The van der Waals surface area contributed by atoms with E-state index in [0.29, 0.717) is 0 Å². The number of hydrogen-bond acceptors (Lipinski definition) is 6. The minimum atomic E-state index is 1.21. The van der Waals surface area contributed by atoms with E-state index in [1.165, 1.54) is 210 Å². The summed E-state index contributed by atoms with van der Waals surface area (Å²) < 4.78 is 0. The molecular weight excluding hydrogens is 841 g/mol. The second kappa shape index (κ2) is 32.4. The van der Waals surface area contributed by atoms with Crippen molar-refractivity contribution in [1.82, 2.24) is 0 Å². The van der Waals surface area contributed by atoms with Gasteiger partial charge in [0.1, 0.15) is 0 Å². The average molecular weight is 926 g/mol. The minimum absolute atomic E-state index is 1.21. The number of hydrogen-bond donors (Lipinski definition) is 0. The second-order valence-corrected chi connectivity index (χ2v) is 23.5. The van der Waals surface area contributed by atoms with Gasteiger partial charge in [-0.15, -0.1) is 70.6 Å². The lowest BCUT2D eigenvalue weighted by Gasteiger charge is -2.26. The van der Waals surface area contributed by atoms with Crippen LogP contribution in [0.3, 0.4) is 0 Å². The molecule has 0 amide bonds. The number of thioether (sulfide) groups is 6. The maximum Gasteiger partial charge on any atom is 0.0362 e. The van der Waals surface area contributed by atoms with Crippen molar-refractivity contribution < 1.29 is 0 Å². The first-order valence-corrected chi connectivity index (χ1v) is 30.9. The molecule has 0 unspecified atom stereocenters. The Kier molecular flexibility index (Phi) is 28.3. The molecule has 6 heteroatoms. The van der Waals surface area contributed by atoms with Crippen molar-refractivity contribution in [2.45, 2.75) is 225 Å². The van der Waals surface area contributed by atoms with Gasteiger partial charge in [-0.25, -0.2) is 0 Å². The van der Waals surface area contributed by atoms with Crippen LogP contribution in [0.5, 0.6) is 0 Å². The lowest BCUT2D eigenvalue weighted by atomic mass is 9.94. The van der Waals surface area contributed by atoms with Gasteiger partial charge in [0, 0.05) is 45.5 Å².